The Labute approximate surface area is 93.5 Å². The second-order valence-corrected chi connectivity index (χ2v) is 6.48. The normalized spacial score (nSPS) is 45.9. The van der Waals surface area contributed by atoms with Gasteiger partial charge in [0.1, 0.15) is 5.60 Å². The average Bonchev–Trinajstić information content (AvgIpc) is 2.37. The highest BCUT2D eigenvalue weighted by Gasteiger charge is 2.57. The number of rotatable bonds is 0. The molecule has 1 saturated heterocycles. The smallest absolute Gasteiger partial charge is 0.306 e. The third-order valence-corrected chi connectivity index (χ3v) is 5.69. The van der Waals surface area contributed by atoms with Crippen molar-refractivity contribution in [3.05, 3.63) is 0 Å². The van der Waals surface area contributed by atoms with Crippen molar-refractivity contribution in [1.82, 2.24) is 0 Å². The van der Waals surface area contributed by atoms with Crippen LogP contribution in [0.4, 0.5) is 0 Å². The highest BCUT2D eigenvalue weighted by molar-refractivity contribution is 9.09. The maximum Gasteiger partial charge on any atom is 0.306 e. The van der Waals surface area contributed by atoms with E-state index in [1.807, 2.05) is 0 Å². The minimum Gasteiger partial charge on any atom is -0.459 e. The van der Waals surface area contributed by atoms with Gasteiger partial charge in [0.2, 0.25) is 0 Å². The predicted molar refractivity (Wildman–Crippen MR) is 58.3 cm³/mol. The number of fused-ring (bicyclic) bond motifs is 1. The summed E-state index contributed by atoms with van der Waals surface area (Å²) in [5.41, 5.74) is -0.0516. The lowest BCUT2D eigenvalue weighted by Crippen LogP contribution is -2.49. The van der Waals surface area contributed by atoms with Gasteiger partial charge in [-0.15, -0.1) is 0 Å². The zero-order valence-electron chi connectivity index (χ0n) is 8.97. The number of halogens is 1. The van der Waals surface area contributed by atoms with Crippen molar-refractivity contribution in [2.75, 3.05) is 0 Å². The van der Waals surface area contributed by atoms with Gasteiger partial charge in [0.15, 0.2) is 0 Å². The van der Waals surface area contributed by atoms with Crippen LogP contribution in [-0.4, -0.2) is 16.4 Å². The van der Waals surface area contributed by atoms with Crippen LogP contribution in [0.5, 0.6) is 0 Å². The standard InChI is InChI=1S/C11H17BrO2/c1-10(2)7-6-9(13)14-11(7,3)5-4-8(10)12/h7-8H,4-6H2,1-3H3. The van der Waals surface area contributed by atoms with Crippen LogP contribution in [0.1, 0.15) is 40.0 Å². The summed E-state index contributed by atoms with van der Waals surface area (Å²) >= 11 is 3.72. The van der Waals surface area contributed by atoms with E-state index in [-0.39, 0.29) is 17.0 Å². The molecule has 0 radical (unpaired) electrons. The molecule has 2 rings (SSSR count). The molecule has 80 valence electrons. The first-order chi connectivity index (χ1) is 6.36. The molecule has 1 aliphatic heterocycles. The van der Waals surface area contributed by atoms with Gasteiger partial charge >= 0.3 is 5.97 Å². The molecule has 1 aliphatic carbocycles. The predicted octanol–water partition coefficient (Wildman–Crippen LogP) is 2.89. The highest BCUT2D eigenvalue weighted by atomic mass is 79.9. The van der Waals surface area contributed by atoms with Crippen LogP contribution < -0.4 is 0 Å². The van der Waals surface area contributed by atoms with Crippen molar-refractivity contribution in [3.8, 4) is 0 Å². The number of esters is 1. The van der Waals surface area contributed by atoms with E-state index in [0.717, 1.165) is 12.8 Å². The second-order valence-electron chi connectivity index (χ2n) is 5.37. The van der Waals surface area contributed by atoms with Gasteiger partial charge in [-0.25, -0.2) is 0 Å². The molecule has 0 aromatic heterocycles. The molecular weight excluding hydrogens is 244 g/mol. The zero-order valence-corrected chi connectivity index (χ0v) is 10.6. The summed E-state index contributed by atoms with van der Waals surface area (Å²) in [4.78, 5) is 11.9. The van der Waals surface area contributed by atoms with Crippen LogP contribution in [0.2, 0.25) is 0 Å². The molecule has 1 saturated carbocycles. The van der Waals surface area contributed by atoms with E-state index in [4.69, 9.17) is 4.74 Å². The minimum absolute atomic E-state index is 0.0211. The lowest BCUT2D eigenvalue weighted by Gasteiger charge is -2.47. The first kappa shape index (κ1) is 10.5. The summed E-state index contributed by atoms with van der Waals surface area (Å²) in [5, 5.41) is 0. The topological polar surface area (TPSA) is 26.3 Å². The molecule has 0 aromatic rings. The van der Waals surface area contributed by atoms with Gasteiger partial charge in [-0.2, -0.15) is 0 Å². The molecule has 2 nitrogen and oxygen atoms in total. The van der Waals surface area contributed by atoms with Gasteiger partial charge in [0, 0.05) is 10.7 Å². The molecule has 2 aliphatic rings. The first-order valence-corrected chi connectivity index (χ1v) is 6.14. The summed E-state index contributed by atoms with van der Waals surface area (Å²) in [7, 11) is 0. The van der Waals surface area contributed by atoms with Crippen LogP contribution in [0.3, 0.4) is 0 Å². The Kier molecular flexibility index (Phi) is 2.22. The van der Waals surface area contributed by atoms with Crippen LogP contribution >= 0.6 is 15.9 Å². The maximum absolute atomic E-state index is 11.4. The Morgan fingerprint density at radius 1 is 1.43 bits per heavy atom. The molecule has 1 heterocycles. The Hall–Kier alpha value is -0.0500. The van der Waals surface area contributed by atoms with Crippen molar-refractivity contribution in [1.29, 1.82) is 0 Å². The monoisotopic (exact) mass is 260 g/mol. The summed E-state index contributed by atoms with van der Waals surface area (Å²) in [5.74, 6) is 0.341. The van der Waals surface area contributed by atoms with E-state index in [2.05, 4.69) is 36.7 Å². The molecule has 0 aromatic carbocycles. The molecule has 3 atom stereocenters. The highest BCUT2D eigenvalue weighted by Crippen LogP contribution is 2.55. The Morgan fingerprint density at radius 2 is 2.07 bits per heavy atom. The molecule has 0 N–H and O–H groups in total. The third kappa shape index (κ3) is 1.32. The molecule has 0 bridgehead atoms. The minimum atomic E-state index is -0.204. The van der Waals surface area contributed by atoms with Crippen LogP contribution in [-0.2, 0) is 9.53 Å². The fourth-order valence-corrected chi connectivity index (χ4v) is 3.58. The van der Waals surface area contributed by atoms with E-state index in [1.54, 1.807) is 0 Å². The lowest BCUT2D eigenvalue weighted by atomic mass is 9.62. The van der Waals surface area contributed by atoms with Crippen LogP contribution in [0.25, 0.3) is 0 Å². The largest absolute Gasteiger partial charge is 0.459 e. The van der Waals surface area contributed by atoms with Crippen molar-refractivity contribution in [2.45, 2.75) is 50.5 Å². The summed E-state index contributed by atoms with van der Waals surface area (Å²) in [6, 6.07) is 0. The number of carbonyl (C=O) groups is 1. The summed E-state index contributed by atoms with van der Waals surface area (Å²) < 4.78 is 5.48. The molecule has 3 heteroatoms. The second kappa shape index (κ2) is 2.97. The number of ether oxygens (including phenoxy) is 1. The molecule has 2 fully saturated rings. The quantitative estimate of drug-likeness (QED) is 0.495. The molecule has 0 amide bonds. The van der Waals surface area contributed by atoms with Gasteiger partial charge in [-0.3, -0.25) is 4.79 Å². The van der Waals surface area contributed by atoms with Crippen molar-refractivity contribution < 1.29 is 9.53 Å². The Balaban J connectivity index is 2.33. The SMILES string of the molecule is CC12CCC(Br)C(C)(C)C1CC(=O)O2. The molecule has 0 spiro atoms. The summed E-state index contributed by atoms with van der Waals surface area (Å²) in [6.45, 7) is 6.55. The van der Waals surface area contributed by atoms with Gasteiger partial charge in [0.05, 0.1) is 6.42 Å². The molecule has 14 heavy (non-hydrogen) atoms. The molecule has 3 unspecified atom stereocenters. The average molecular weight is 261 g/mol. The van der Waals surface area contributed by atoms with E-state index in [9.17, 15) is 4.79 Å². The summed E-state index contributed by atoms with van der Waals surface area (Å²) in [6.07, 6.45) is 2.67. The Bertz CT molecular complexity index is 274. The lowest BCUT2D eigenvalue weighted by molar-refractivity contribution is -0.151. The van der Waals surface area contributed by atoms with Gasteiger partial charge in [-0.1, -0.05) is 29.8 Å². The molecular formula is C11H17BrO2. The van der Waals surface area contributed by atoms with E-state index in [0.29, 0.717) is 17.2 Å². The maximum atomic E-state index is 11.4. The fourth-order valence-electron chi connectivity index (χ4n) is 3.03. The first-order valence-electron chi connectivity index (χ1n) is 5.22. The fraction of sp³-hybridized carbons (Fsp3) is 0.909. The van der Waals surface area contributed by atoms with E-state index < -0.39 is 0 Å². The van der Waals surface area contributed by atoms with E-state index >= 15 is 0 Å². The van der Waals surface area contributed by atoms with Crippen LogP contribution in [0.15, 0.2) is 0 Å². The van der Waals surface area contributed by atoms with Gasteiger partial charge in [0.25, 0.3) is 0 Å². The van der Waals surface area contributed by atoms with Gasteiger partial charge in [-0.05, 0) is 25.2 Å². The number of carbonyl (C=O) groups excluding carboxylic acids is 1. The number of alkyl halides is 1. The number of hydrogen-bond acceptors (Lipinski definition) is 2. The van der Waals surface area contributed by atoms with Crippen LogP contribution in [0, 0.1) is 11.3 Å². The zero-order chi connectivity index (χ0) is 10.6. The van der Waals surface area contributed by atoms with Crippen molar-refractivity contribution in [3.63, 3.8) is 0 Å². The van der Waals surface area contributed by atoms with E-state index in [1.165, 1.54) is 0 Å². The number of hydrogen-bond donors (Lipinski definition) is 0. The third-order valence-electron chi connectivity index (χ3n) is 4.05. The van der Waals surface area contributed by atoms with Crippen molar-refractivity contribution >= 4 is 21.9 Å². The van der Waals surface area contributed by atoms with Gasteiger partial charge < -0.3 is 4.74 Å². The van der Waals surface area contributed by atoms with Crippen molar-refractivity contribution in [2.24, 2.45) is 11.3 Å². The Morgan fingerprint density at radius 3 is 2.71 bits per heavy atom.